The van der Waals surface area contributed by atoms with Crippen LogP contribution in [0.1, 0.15) is 24.3 Å². The Morgan fingerprint density at radius 1 is 1.21 bits per heavy atom. The van der Waals surface area contributed by atoms with E-state index >= 15 is 0 Å². The molecule has 1 unspecified atom stereocenters. The number of hydrogen-bond acceptors (Lipinski definition) is 3. The summed E-state index contributed by atoms with van der Waals surface area (Å²) in [5.41, 5.74) is 1.44. The Kier molecular flexibility index (Phi) is 4.53. The van der Waals surface area contributed by atoms with Gasteiger partial charge in [0.05, 0.1) is 25.9 Å². The Morgan fingerprint density at radius 2 is 2.05 bits per heavy atom. The van der Waals surface area contributed by atoms with Gasteiger partial charge in [-0.3, -0.25) is 0 Å². The molecule has 104 valence electrons. The van der Waals surface area contributed by atoms with Gasteiger partial charge in [-0.05, 0) is 30.4 Å². The van der Waals surface area contributed by atoms with E-state index < -0.39 is 0 Å². The highest BCUT2D eigenvalue weighted by Gasteiger charge is 2.31. The number of nitrogens with one attached hydrogen (secondary N) is 1. The Balaban J connectivity index is 1.42. The molecule has 0 bridgehead atoms. The van der Waals surface area contributed by atoms with E-state index in [2.05, 4.69) is 45.5 Å². The molecule has 1 aliphatic heterocycles. The highest BCUT2D eigenvalue weighted by atomic mass is 79.9. The fraction of sp³-hybridized carbons (Fsp3) is 0.600. The quantitative estimate of drug-likeness (QED) is 0.923. The van der Waals surface area contributed by atoms with Crippen molar-refractivity contribution in [2.24, 2.45) is 0 Å². The lowest BCUT2D eigenvalue weighted by atomic mass is 9.76. The SMILES string of the molecule is Brc1ccccc1C1CC(NCC2COCCO2)C1. The molecule has 1 aromatic rings. The van der Waals surface area contributed by atoms with E-state index in [0.717, 1.165) is 26.4 Å². The lowest BCUT2D eigenvalue weighted by Crippen LogP contribution is -2.46. The minimum absolute atomic E-state index is 0.233. The zero-order valence-corrected chi connectivity index (χ0v) is 12.6. The lowest BCUT2D eigenvalue weighted by Gasteiger charge is -2.38. The van der Waals surface area contributed by atoms with E-state index in [4.69, 9.17) is 9.47 Å². The molecule has 1 saturated carbocycles. The molecule has 0 aromatic heterocycles. The Hall–Kier alpha value is -0.420. The number of halogens is 1. The van der Waals surface area contributed by atoms with Crippen molar-refractivity contribution in [3.05, 3.63) is 34.3 Å². The molecule has 2 aliphatic rings. The van der Waals surface area contributed by atoms with Crippen LogP contribution in [0, 0.1) is 0 Å². The Bertz CT molecular complexity index is 414. The van der Waals surface area contributed by atoms with Gasteiger partial charge < -0.3 is 14.8 Å². The van der Waals surface area contributed by atoms with Gasteiger partial charge in [0.2, 0.25) is 0 Å². The van der Waals surface area contributed by atoms with E-state index in [0.29, 0.717) is 12.0 Å². The lowest BCUT2D eigenvalue weighted by molar-refractivity contribution is -0.0878. The first-order chi connectivity index (χ1) is 9.33. The number of benzene rings is 1. The largest absolute Gasteiger partial charge is 0.376 e. The van der Waals surface area contributed by atoms with Crippen molar-refractivity contribution in [3.8, 4) is 0 Å². The average Bonchev–Trinajstić information content (AvgIpc) is 2.40. The zero-order chi connectivity index (χ0) is 13.1. The maximum atomic E-state index is 5.63. The molecule has 3 nitrogen and oxygen atoms in total. The summed E-state index contributed by atoms with van der Waals surface area (Å²) in [6.07, 6.45) is 2.67. The van der Waals surface area contributed by atoms with Crippen molar-refractivity contribution < 1.29 is 9.47 Å². The molecule has 19 heavy (non-hydrogen) atoms. The molecule has 1 aliphatic carbocycles. The van der Waals surface area contributed by atoms with Crippen LogP contribution in [-0.2, 0) is 9.47 Å². The van der Waals surface area contributed by atoms with Crippen molar-refractivity contribution in [1.29, 1.82) is 0 Å². The first-order valence-electron chi connectivity index (χ1n) is 7.00. The molecule has 1 saturated heterocycles. The van der Waals surface area contributed by atoms with E-state index in [1.165, 1.54) is 22.9 Å². The van der Waals surface area contributed by atoms with Crippen molar-refractivity contribution in [2.75, 3.05) is 26.4 Å². The summed E-state index contributed by atoms with van der Waals surface area (Å²) in [6, 6.07) is 9.17. The smallest absolute Gasteiger partial charge is 0.0933 e. The number of hydrogen-bond donors (Lipinski definition) is 1. The van der Waals surface area contributed by atoms with Crippen molar-refractivity contribution in [2.45, 2.75) is 30.9 Å². The van der Waals surface area contributed by atoms with Gasteiger partial charge in [0.15, 0.2) is 0 Å². The third-order valence-corrected chi connectivity index (χ3v) is 4.72. The average molecular weight is 326 g/mol. The van der Waals surface area contributed by atoms with E-state index in [-0.39, 0.29) is 6.10 Å². The first kappa shape index (κ1) is 13.6. The predicted octanol–water partition coefficient (Wildman–Crippen LogP) is 2.70. The van der Waals surface area contributed by atoms with Crippen LogP contribution in [0.2, 0.25) is 0 Å². The summed E-state index contributed by atoms with van der Waals surface area (Å²) in [5, 5.41) is 3.59. The molecule has 0 amide bonds. The topological polar surface area (TPSA) is 30.5 Å². The van der Waals surface area contributed by atoms with Crippen molar-refractivity contribution in [1.82, 2.24) is 5.32 Å². The Morgan fingerprint density at radius 3 is 2.79 bits per heavy atom. The summed E-state index contributed by atoms with van der Waals surface area (Å²) >= 11 is 3.64. The van der Waals surface area contributed by atoms with Crippen LogP contribution in [0.5, 0.6) is 0 Å². The van der Waals surface area contributed by atoms with Gasteiger partial charge in [0, 0.05) is 17.1 Å². The molecule has 1 aromatic carbocycles. The molecule has 3 rings (SSSR count). The second-order valence-corrected chi connectivity index (χ2v) is 6.22. The maximum absolute atomic E-state index is 5.63. The molecule has 1 heterocycles. The second kappa shape index (κ2) is 6.35. The molecular formula is C15H20BrNO2. The summed E-state index contributed by atoms with van der Waals surface area (Å²) in [6.45, 7) is 3.11. The van der Waals surface area contributed by atoms with E-state index in [1.54, 1.807) is 0 Å². The first-order valence-corrected chi connectivity index (χ1v) is 7.79. The summed E-state index contributed by atoms with van der Waals surface area (Å²) in [5.74, 6) is 0.691. The third-order valence-electron chi connectivity index (χ3n) is 4.00. The van der Waals surface area contributed by atoms with Gasteiger partial charge in [-0.2, -0.15) is 0 Å². The van der Waals surface area contributed by atoms with Crippen LogP contribution >= 0.6 is 15.9 Å². The highest BCUT2D eigenvalue weighted by molar-refractivity contribution is 9.10. The molecule has 1 N–H and O–H groups in total. The van der Waals surface area contributed by atoms with Crippen LogP contribution in [0.25, 0.3) is 0 Å². The van der Waals surface area contributed by atoms with Gasteiger partial charge in [-0.15, -0.1) is 0 Å². The molecule has 2 fully saturated rings. The van der Waals surface area contributed by atoms with Crippen LogP contribution in [0.4, 0.5) is 0 Å². The van der Waals surface area contributed by atoms with E-state index in [9.17, 15) is 0 Å². The van der Waals surface area contributed by atoms with Crippen LogP contribution < -0.4 is 5.32 Å². The van der Waals surface area contributed by atoms with Crippen LogP contribution in [-0.4, -0.2) is 38.5 Å². The molecular weight excluding hydrogens is 306 g/mol. The summed E-state index contributed by atoms with van der Waals surface area (Å²) < 4.78 is 12.3. The minimum Gasteiger partial charge on any atom is -0.376 e. The normalized spacial score (nSPS) is 30.9. The summed E-state index contributed by atoms with van der Waals surface area (Å²) in [7, 11) is 0. The minimum atomic E-state index is 0.233. The van der Waals surface area contributed by atoms with Gasteiger partial charge in [0.25, 0.3) is 0 Å². The molecule has 0 spiro atoms. The number of rotatable bonds is 4. The second-order valence-electron chi connectivity index (χ2n) is 5.36. The summed E-state index contributed by atoms with van der Waals surface area (Å²) in [4.78, 5) is 0. The molecule has 1 atom stereocenters. The van der Waals surface area contributed by atoms with Crippen molar-refractivity contribution >= 4 is 15.9 Å². The highest BCUT2D eigenvalue weighted by Crippen LogP contribution is 2.39. The van der Waals surface area contributed by atoms with Gasteiger partial charge >= 0.3 is 0 Å². The predicted molar refractivity (Wildman–Crippen MR) is 78.5 cm³/mol. The molecule has 4 heteroatoms. The fourth-order valence-electron chi connectivity index (χ4n) is 2.80. The maximum Gasteiger partial charge on any atom is 0.0933 e. The van der Waals surface area contributed by atoms with Gasteiger partial charge in [-0.25, -0.2) is 0 Å². The Labute approximate surface area is 122 Å². The van der Waals surface area contributed by atoms with E-state index in [1.807, 2.05) is 0 Å². The third kappa shape index (κ3) is 3.37. The van der Waals surface area contributed by atoms with Gasteiger partial charge in [0.1, 0.15) is 0 Å². The monoisotopic (exact) mass is 325 g/mol. The van der Waals surface area contributed by atoms with Crippen LogP contribution in [0.15, 0.2) is 28.7 Å². The standard InChI is InChI=1S/C15H20BrNO2/c16-15-4-2-1-3-14(15)11-7-12(8-11)17-9-13-10-18-5-6-19-13/h1-4,11-13,17H,5-10H2. The number of ether oxygens (including phenoxy) is 2. The van der Waals surface area contributed by atoms with Crippen LogP contribution in [0.3, 0.4) is 0 Å². The van der Waals surface area contributed by atoms with Gasteiger partial charge in [-0.1, -0.05) is 34.1 Å². The van der Waals surface area contributed by atoms with Crippen molar-refractivity contribution in [3.63, 3.8) is 0 Å². The molecule has 0 radical (unpaired) electrons. The zero-order valence-electron chi connectivity index (χ0n) is 11.0. The fourth-order valence-corrected chi connectivity index (χ4v) is 3.41.